The number of nitrogen functional groups attached to an aromatic ring is 1. The minimum Gasteiger partial charge on any atom is -0.460 e. The Bertz CT molecular complexity index is 663. The van der Waals surface area contributed by atoms with E-state index in [0.29, 0.717) is 24.2 Å². The number of carbonyl (C=O) groups excluding carboxylic acids is 1. The number of hydrogen-bond donors (Lipinski definition) is 2. The summed E-state index contributed by atoms with van der Waals surface area (Å²) in [5, 5.41) is 3.58. The second-order valence-corrected chi connectivity index (χ2v) is 7.68. The van der Waals surface area contributed by atoms with Gasteiger partial charge in [-0.2, -0.15) is 9.97 Å². The predicted molar refractivity (Wildman–Crippen MR) is 109 cm³/mol. The molecule has 1 saturated heterocycles. The maximum atomic E-state index is 12.5. The van der Waals surface area contributed by atoms with E-state index in [9.17, 15) is 4.79 Å². The fourth-order valence-corrected chi connectivity index (χ4v) is 3.76. The zero-order valence-corrected chi connectivity index (χ0v) is 17.1. The van der Waals surface area contributed by atoms with Gasteiger partial charge in [-0.1, -0.05) is 13.3 Å². The van der Waals surface area contributed by atoms with E-state index in [1.54, 1.807) is 4.90 Å². The number of unbranched alkanes of at least 4 members (excludes halogenated alkanes) is 1. The number of fused-ring (bicyclic) bond motifs is 1. The lowest BCUT2D eigenvalue weighted by Crippen LogP contribution is -2.35. The van der Waals surface area contributed by atoms with Crippen molar-refractivity contribution >= 4 is 17.5 Å². The van der Waals surface area contributed by atoms with Crippen LogP contribution in [0.25, 0.3) is 0 Å². The van der Waals surface area contributed by atoms with Crippen molar-refractivity contribution in [1.82, 2.24) is 15.3 Å². The van der Waals surface area contributed by atoms with Crippen molar-refractivity contribution in [3.05, 3.63) is 5.56 Å². The van der Waals surface area contributed by atoms with Gasteiger partial charge in [0.25, 0.3) is 0 Å². The molecular weight excluding hydrogens is 358 g/mol. The average molecular weight is 392 g/mol. The average Bonchev–Trinajstić information content (AvgIpc) is 2.99. The summed E-state index contributed by atoms with van der Waals surface area (Å²) >= 11 is 0. The van der Waals surface area contributed by atoms with Crippen molar-refractivity contribution in [3.8, 4) is 6.01 Å². The molecule has 8 heteroatoms. The molecule has 8 nitrogen and oxygen atoms in total. The van der Waals surface area contributed by atoms with Gasteiger partial charge < -0.3 is 20.5 Å². The van der Waals surface area contributed by atoms with Crippen molar-refractivity contribution in [2.75, 3.05) is 36.9 Å². The molecule has 0 unspecified atom stereocenters. The standard InChI is InChI=1S/C20H33N5O3/c1-3-6-14(2)28-20-23-18(21)16-13-17(26)25(19(16)24-20)10-5-4-9-22-15-7-11-27-12-8-15/h14-15,22H,3-13H2,1-2H3,(H2,21,23,24)/t14-/m0/s1. The van der Waals surface area contributed by atoms with Gasteiger partial charge in [-0.25, -0.2) is 0 Å². The smallest absolute Gasteiger partial charge is 0.320 e. The Labute approximate surface area is 167 Å². The predicted octanol–water partition coefficient (Wildman–Crippen LogP) is 2.06. The van der Waals surface area contributed by atoms with Gasteiger partial charge in [-0.3, -0.25) is 9.69 Å². The van der Waals surface area contributed by atoms with E-state index in [0.717, 1.165) is 63.8 Å². The number of rotatable bonds is 10. The zero-order valence-electron chi connectivity index (χ0n) is 17.1. The number of nitrogens with one attached hydrogen (secondary N) is 1. The highest BCUT2D eigenvalue weighted by Gasteiger charge is 2.32. The quantitative estimate of drug-likeness (QED) is 0.589. The highest BCUT2D eigenvalue weighted by molar-refractivity contribution is 6.01. The number of nitrogens with zero attached hydrogens (tertiary/aromatic N) is 3. The molecule has 2 aliphatic rings. The molecular formula is C20H33N5O3. The van der Waals surface area contributed by atoms with Crippen LogP contribution in [0.5, 0.6) is 6.01 Å². The van der Waals surface area contributed by atoms with Crippen LogP contribution in [0, 0.1) is 0 Å². The molecule has 1 amide bonds. The van der Waals surface area contributed by atoms with E-state index in [1.165, 1.54) is 0 Å². The van der Waals surface area contributed by atoms with Crippen LogP contribution in [0.15, 0.2) is 0 Å². The molecule has 1 fully saturated rings. The van der Waals surface area contributed by atoms with Gasteiger partial charge >= 0.3 is 6.01 Å². The molecule has 28 heavy (non-hydrogen) atoms. The van der Waals surface area contributed by atoms with Gasteiger partial charge in [0.05, 0.1) is 12.5 Å². The second kappa shape index (κ2) is 10.0. The summed E-state index contributed by atoms with van der Waals surface area (Å²) in [4.78, 5) is 22.9. The monoisotopic (exact) mass is 391 g/mol. The number of hydrogen-bond acceptors (Lipinski definition) is 7. The van der Waals surface area contributed by atoms with Crippen LogP contribution >= 0.6 is 0 Å². The fourth-order valence-electron chi connectivity index (χ4n) is 3.76. The van der Waals surface area contributed by atoms with E-state index in [2.05, 4.69) is 22.2 Å². The lowest BCUT2D eigenvalue weighted by molar-refractivity contribution is -0.117. The van der Waals surface area contributed by atoms with E-state index in [-0.39, 0.29) is 24.4 Å². The molecule has 3 N–H and O–H groups in total. The van der Waals surface area contributed by atoms with Gasteiger partial charge in [-0.05, 0) is 45.6 Å². The third-order valence-corrected chi connectivity index (χ3v) is 5.35. The Hall–Kier alpha value is -1.93. The van der Waals surface area contributed by atoms with Gasteiger partial charge in [0, 0.05) is 31.4 Å². The fraction of sp³-hybridized carbons (Fsp3) is 0.750. The summed E-state index contributed by atoms with van der Waals surface area (Å²) in [6.45, 7) is 7.38. The number of ether oxygens (including phenoxy) is 2. The first-order chi connectivity index (χ1) is 13.6. The number of carbonyl (C=O) groups is 1. The number of amides is 1. The molecule has 1 atom stereocenters. The van der Waals surface area contributed by atoms with Crippen LogP contribution in [0.3, 0.4) is 0 Å². The van der Waals surface area contributed by atoms with Crippen LogP contribution in [0.1, 0.15) is 57.9 Å². The summed E-state index contributed by atoms with van der Waals surface area (Å²) in [7, 11) is 0. The van der Waals surface area contributed by atoms with Crippen molar-refractivity contribution in [3.63, 3.8) is 0 Å². The third kappa shape index (κ3) is 5.32. The van der Waals surface area contributed by atoms with Crippen LogP contribution in [-0.4, -0.2) is 54.3 Å². The Morgan fingerprint density at radius 3 is 2.86 bits per heavy atom. The topological polar surface area (TPSA) is 103 Å². The van der Waals surface area contributed by atoms with Crippen LogP contribution in [-0.2, 0) is 16.0 Å². The molecule has 1 aromatic heterocycles. The molecule has 156 valence electrons. The van der Waals surface area contributed by atoms with Crippen molar-refractivity contribution in [1.29, 1.82) is 0 Å². The minimum absolute atomic E-state index is 0.0178. The van der Waals surface area contributed by atoms with Crippen LogP contribution in [0.4, 0.5) is 11.6 Å². The second-order valence-electron chi connectivity index (χ2n) is 7.68. The third-order valence-electron chi connectivity index (χ3n) is 5.35. The van der Waals surface area contributed by atoms with Crippen molar-refractivity contribution in [2.24, 2.45) is 0 Å². The van der Waals surface area contributed by atoms with E-state index >= 15 is 0 Å². The number of anilines is 2. The Kier molecular flexibility index (Phi) is 7.44. The van der Waals surface area contributed by atoms with Crippen LogP contribution in [0.2, 0.25) is 0 Å². The summed E-state index contributed by atoms with van der Waals surface area (Å²) in [5.41, 5.74) is 6.80. The molecule has 3 heterocycles. The maximum absolute atomic E-state index is 12.5. The molecule has 0 saturated carbocycles. The summed E-state index contributed by atoms with van der Waals surface area (Å²) in [5.74, 6) is 1.00. The largest absolute Gasteiger partial charge is 0.460 e. The lowest BCUT2D eigenvalue weighted by Gasteiger charge is -2.23. The molecule has 0 bridgehead atoms. The SMILES string of the molecule is CCC[C@H](C)Oc1nc(N)c2c(n1)N(CCCCNC1CCOCC1)C(=O)C2. The Balaban J connectivity index is 1.53. The first-order valence-corrected chi connectivity index (χ1v) is 10.5. The highest BCUT2D eigenvalue weighted by atomic mass is 16.5. The normalized spacial score (nSPS) is 18.4. The Morgan fingerprint density at radius 2 is 2.11 bits per heavy atom. The van der Waals surface area contributed by atoms with Gasteiger partial charge in [0.2, 0.25) is 5.91 Å². The summed E-state index contributed by atoms with van der Waals surface area (Å²) in [6, 6.07) is 0.818. The van der Waals surface area contributed by atoms with Crippen molar-refractivity contribution < 1.29 is 14.3 Å². The highest BCUT2D eigenvalue weighted by Crippen LogP contribution is 2.32. The molecule has 0 aliphatic carbocycles. The molecule has 0 spiro atoms. The lowest BCUT2D eigenvalue weighted by atomic mass is 10.1. The Morgan fingerprint density at radius 1 is 1.32 bits per heavy atom. The molecule has 0 aromatic carbocycles. The van der Waals surface area contributed by atoms with Gasteiger partial charge in [0.1, 0.15) is 11.6 Å². The van der Waals surface area contributed by atoms with Crippen molar-refractivity contribution in [2.45, 2.75) is 70.9 Å². The first kappa shape index (κ1) is 20.8. The van der Waals surface area contributed by atoms with E-state index in [1.807, 2.05) is 6.92 Å². The summed E-state index contributed by atoms with van der Waals surface area (Å²) in [6.07, 6.45) is 6.30. The summed E-state index contributed by atoms with van der Waals surface area (Å²) < 4.78 is 11.2. The van der Waals surface area contributed by atoms with Crippen LogP contribution < -0.4 is 20.7 Å². The number of aromatic nitrogens is 2. The van der Waals surface area contributed by atoms with Gasteiger partial charge in [0.15, 0.2) is 0 Å². The molecule has 2 aliphatic heterocycles. The maximum Gasteiger partial charge on any atom is 0.320 e. The zero-order chi connectivity index (χ0) is 19.9. The molecule has 1 aromatic rings. The number of nitrogens with two attached hydrogens (primary N) is 1. The molecule has 0 radical (unpaired) electrons. The minimum atomic E-state index is 0.0178. The van der Waals surface area contributed by atoms with E-state index in [4.69, 9.17) is 15.2 Å². The van der Waals surface area contributed by atoms with Gasteiger partial charge in [-0.15, -0.1) is 0 Å². The molecule has 3 rings (SSSR count). The van der Waals surface area contributed by atoms with E-state index < -0.39 is 0 Å². The first-order valence-electron chi connectivity index (χ1n) is 10.5.